The van der Waals surface area contributed by atoms with Crippen LogP contribution in [0.2, 0.25) is 0 Å². The highest BCUT2D eigenvalue weighted by Crippen LogP contribution is 2.26. The maximum absolute atomic E-state index is 11.3. The van der Waals surface area contributed by atoms with Crippen LogP contribution in [0.15, 0.2) is 42.5 Å². The van der Waals surface area contributed by atoms with Crippen molar-refractivity contribution in [3.8, 4) is 0 Å². The van der Waals surface area contributed by atoms with Gasteiger partial charge in [0.25, 0.3) is 0 Å². The maximum Gasteiger partial charge on any atom is 0.337 e. The molecular weight excluding hydrogens is 264 g/mol. The lowest BCUT2D eigenvalue weighted by Gasteiger charge is -2.17. The minimum Gasteiger partial charge on any atom is -0.478 e. The molecule has 0 saturated heterocycles. The Hall–Kier alpha value is -2.33. The number of rotatable bonds is 5. The zero-order valence-corrected chi connectivity index (χ0v) is 12.6. The summed E-state index contributed by atoms with van der Waals surface area (Å²) >= 11 is 0. The number of para-hydroxylation sites is 1. The number of carbonyl (C=O) groups is 1. The molecule has 0 atom stereocenters. The molecule has 110 valence electrons. The van der Waals surface area contributed by atoms with Gasteiger partial charge in [-0.1, -0.05) is 24.3 Å². The van der Waals surface area contributed by atoms with E-state index in [1.165, 1.54) is 5.56 Å². The Labute approximate surface area is 125 Å². The van der Waals surface area contributed by atoms with Crippen LogP contribution in [0.25, 0.3) is 0 Å². The summed E-state index contributed by atoms with van der Waals surface area (Å²) in [5.74, 6) is -0.930. The fourth-order valence-electron chi connectivity index (χ4n) is 2.25. The van der Waals surface area contributed by atoms with E-state index in [-0.39, 0.29) is 5.56 Å². The molecule has 2 rings (SSSR count). The number of nitrogens with zero attached hydrogens (tertiary/aromatic N) is 1. The molecule has 4 nitrogen and oxygen atoms in total. The molecule has 0 radical (unpaired) electrons. The van der Waals surface area contributed by atoms with Crippen LogP contribution in [0.3, 0.4) is 0 Å². The minimum absolute atomic E-state index is 0.273. The average molecular weight is 284 g/mol. The Morgan fingerprint density at radius 1 is 1.10 bits per heavy atom. The van der Waals surface area contributed by atoms with Gasteiger partial charge in [-0.3, -0.25) is 0 Å². The maximum atomic E-state index is 11.3. The molecule has 2 aromatic rings. The summed E-state index contributed by atoms with van der Waals surface area (Å²) in [6.07, 6.45) is 0. The van der Waals surface area contributed by atoms with Crippen LogP contribution in [0.1, 0.15) is 21.5 Å². The molecule has 0 fully saturated rings. The van der Waals surface area contributed by atoms with Crippen molar-refractivity contribution in [1.29, 1.82) is 0 Å². The third kappa shape index (κ3) is 3.61. The van der Waals surface area contributed by atoms with E-state index in [0.717, 1.165) is 17.8 Å². The van der Waals surface area contributed by atoms with Crippen LogP contribution >= 0.6 is 0 Å². The second kappa shape index (κ2) is 6.41. The minimum atomic E-state index is -0.930. The molecule has 4 heteroatoms. The van der Waals surface area contributed by atoms with Gasteiger partial charge in [-0.2, -0.15) is 0 Å². The van der Waals surface area contributed by atoms with E-state index in [9.17, 15) is 9.90 Å². The van der Waals surface area contributed by atoms with Crippen LogP contribution in [0.4, 0.5) is 11.4 Å². The normalized spacial score (nSPS) is 10.7. The van der Waals surface area contributed by atoms with E-state index in [1.807, 2.05) is 39.2 Å². The first-order valence-electron chi connectivity index (χ1n) is 6.81. The largest absolute Gasteiger partial charge is 0.478 e. The third-order valence-electron chi connectivity index (χ3n) is 3.36. The first-order chi connectivity index (χ1) is 9.99. The smallest absolute Gasteiger partial charge is 0.337 e. The lowest BCUT2D eigenvalue weighted by Crippen LogP contribution is -2.12. The van der Waals surface area contributed by atoms with Crippen LogP contribution in [-0.2, 0) is 6.54 Å². The van der Waals surface area contributed by atoms with Crippen molar-refractivity contribution < 1.29 is 9.90 Å². The molecule has 0 bridgehead atoms. The summed E-state index contributed by atoms with van der Waals surface area (Å²) < 4.78 is 0. The highest BCUT2D eigenvalue weighted by Gasteiger charge is 2.11. The van der Waals surface area contributed by atoms with Crippen molar-refractivity contribution in [2.75, 3.05) is 19.4 Å². The molecule has 0 heterocycles. The van der Waals surface area contributed by atoms with E-state index in [1.54, 1.807) is 18.2 Å². The van der Waals surface area contributed by atoms with Gasteiger partial charge in [0.15, 0.2) is 0 Å². The predicted octanol–water partition coefficient (Wildman–Crippen LogP) is 3.50. The second-order valence-electron chi connectivity index (χ2n) is 5.30. The highest BCUT2D eigenvalue weighted by atomic mass is 16.4. The van der Waals surface area contributed by atoms with Gasteiger partial charge in [0.05, 0.1) is 11.3 Å². The van der Waals surface area contributed by atoms with Gasteiger partial charge in [0, 0.05) is 12.2 Å². The van der Waals surface area contributed by atoms with Crippen molar-refractivity contribution in [3.63, 3.8) is 0 Å². The third-order valence-corrected chi connectivity index (χ3v) is 3.36. The topological polar surface area (TPSA) is 52.6 Å². The van der Waals surface area contributed by atoms with Gasteiger partial charge in [0.1, 0.15) is 0 Å². The average Bonchev–Trinajstić information content (AvgIpc) is 2.43. The van der Waals surface area contributed by atoms with Gasteiger partial charge in [0.2, 0.25) is 0 Å². The molecule has 2 N–H and O–H groups in total. The van der Waals surface area contributed by atoms with Gasteiger partial charge in [-0.25, -0.2) is 4.79 Å². The van der Waals surface area contributed by atoms with E-state index in [0.29, 0.717) is 5.69 Å². The molecule has 0 saturated carbocycles. The second-order valence-corrected chi connectivity index (χ2v) is 5.30. The number of carboxylic acid groups (broad SMARTS) is 1. The molecule has 0 aromatic heterocycles. The zero-order valence-electron chi connectivity index (χ0n) is 12.6. The first-order valence-corrected chi connectivity index (χ1v) is 6.81. The van der Waals surface area contributed by atoms with Crippen molar-refractivity contribution >= 4 is 17.3 Å². The number of carboxylic acids is 1. The highest BCUT2D eigenvalue weighted by molar-refractivity contribution is 5.95. The Bertz CT molecular complexity index is 651. The Morgan fingerprint density at radius 3 is 2.43 bits per heavy atom. The molecule has 21 heavy (non-hydrogen) atoms. The summed E-state index contributed by atoms with van der Waals surface area (Å²) in [6.45, 7) is 2.90. The summed E-state index contributed by atoms with van der Waals surface area (Å²) in [5.41, 5.74) is 4.16. The van der Waals surface area contributed by atoms with E-state index >= 15 is 0 Å². The van der Waals surface area contributed by atoms with Crippen molar-refractivity contribution in [2.45, 2.75) is 13.5 Å². The molecule has 0 unspecified atom stereocenters. The number of nitrogens with one attached hydrogen (secondary N) is 1. The fourth-order valence-corrected chi connectivity index (χ4v) is 2.25. The summed E-state index contributed by atoms with van der Waals surface area (Å²) in [6, 6.07) is 13.0. The van der Waals surface area contributed by atoms with Crippen LogP contribution < -0.4 is 5.32 Å². The van der Waals surface area contributed by atoms with Crippen molar-refractivity contribution in [3.05, 3.63) is 59.2 Å². The van der Waals surface area contributed by atoms with Crippen LogP contribution in [0.5, 0.6) is 0 Å². The monoisotopic (exact) mass is 284 g/mol. The first kappa shape index (κ1) is 15.1. The lowest BCUT2D eigenvalue weighted by atomic mass is 10.1. The Kier molecular flexibility index (Phi) is 4.60. The SMILES string of the molecule is Cc1c(CN(C)C)cccc1Nc1ccccc1C(=O)O. The quantitative estimate of drug-likeness (QED) is 0.882. The standard InChI is InChI=1S/C17H20N2O2/c1-12-13(11-19(2)3)7-6-10-15(12)18-16-9-5-4-8-14(16)17(20)21/h4-10,18H,11H2,1-3H3,(H,20,21). The number of anilines is 2. The lowest BCUT2D eigenvalue weighted by molar-refractivity contribution is 0.0698. The Balaban J connectivity index is 2.34. The molecule has 2 aromatic carbocycles. The summed E-state index contributed by atoms with van der Waals surface area (Å²) in [7, 11) is 4.05. The van der Waals surface area contributed by atoms with Gasteiger partial charge < -0.3 is 15.3 Å². The van der Waals surface area contributed by atoms with E-state index in [4.69, 9.17) is 0 Å². The van der Waals surface area contributed by atoms with E-state index in [2.05, 4.69) is 16.3 Å². The Morgan fingerprint density at radius 2 is 1.76 bits per heavy atom. The van der Waals surface area contributed by atoms with Crippen LogP contribution in [-0.4, -0.2) is 30.1 Å². The predicted molar refractivity (Wildman–Crippen MR) is 85.3 cm³/mol. The molecule has 0 spiro atoms. The molecule has 0 aliphatic carbocycles. The summed E-state index contributed by atoms with van der Waals surface area (Å²) in [5, 5.41) is 12.5. The van der Waals surface area contributed by atoms with Crippen molar-refractivity contribution in [1.82, 2.24) is 4.90 Å². The summed E-state index contributed by atoms with van der Waals surface area (Å²) in [4.78, 5) is 13.4. The number of aromatic carboxylic acids is 1. The molecular formula is C17H20N2O2. The zero-order chi connectivity index (χ0) is 15.4. The van der Waals surface area contributed by atoms with Gasteiger partial charge in [-0.15, -0.1) is 0 Å². The molecule has 0 amide bonds. The van der Waals surface area contributed by atoms with E-state index < -0.39 is 5.97 Å². The van der Waals surface area contributed by atoms with Crippen molar-refractivity contribution in [2.24, 2.45) is 0 Å². The van der Waals surface area contributed by atoms with Gasteiger partial charge >= 0.3 is 5.97 Å². The van der Waals surface area contributed by atoms with Crippen LogP contribution in [0, 0.1) is 6.92 Å². The molecule has 0 aliphatic rings. The number of hydrogen-bond acceptors (Lipinski definition) is 3. The van der Waals surface area contributed by atoms with Gasteiger partial charge in [-0.05, 0) is 50.3 Å². The number of hydrogen-bond donors (Lipinski definition) is 2. The fraction of sp³-hybridized carbons (Fsp3) is 0.235. The number of benzene rings is 2. The molecule has 0 aliphatic heterocycles.